The first-order chi connectivity index (χ1) is 12.5. The summed E-state index contributed by atoms with van der Waals surface area (Å²) in [6.07, 6.45) is 3.33. The highest BCUT2D eigenvalue weighted by Crippen LogP contribution is 2.32. The molecule has 2 heterocycles. The summed E-state index contributed by atoms with van der Waals surface area (Å²) in [5.74, 6) is -0.433. The number of fused-ring (bicyclic) bond motifs is 1. The number of ether oxygens (including phenoxy) is 1. The predicted octanol–water partition coefficient (Wildman–Crippen LogP) is 3.13. The number of hydrogen-bond acceptors (Lipinski definition) is 5. The van der Waals surface area contributed by atoms with Crippen LogP contribution in [0.1, 0.15) is 23.0 Å². The van der Waals surface area contributed by atoms with Gasteiger partial charge in [0.1, 0.15) is 5.56 Å². The SMILES string of the molecule is CCOC(=O)c1c(C)nc2c(cnn2-c2ccccc2)c1N=CN(C)C. The summed E-state index contributed by atoms with van der Waals surface area (Å²) < 4.78 is 6.94. The van der Waals surface area contributed by atoms with Crippen LogP contribution in [0.4, 0.5) is 5.69 Å². The number of benzene rings is 1. The number of hydrogen-bond donors (Lipinski definition) is 0. The second-order valence-electron chi connectivity index (χ2n) is 5.98. The van der Waals surface area contributed by atoms with E-state index in [4.69, 9.17) is 4.74 Å². The highest BCUT2D eigenvalue weighted by atomic mass is 16.5. The molecule has 0 amide bonds. The molecule has 0 saturated carbocycles. The summed E-state index contributed by atoms with van der Waals surface area (Å²) in [5, 5.41) is 5.15. The van der Waals surface area contributed by atoms with Crippen LogP contribution in [0.25, 0.3) is 16.7 Å². The predicted molar refractivity (Wildman–Crippen MR) is 101 cm³/mol. The molecular formula is C19H21N5O2. The lowest BCUT2D eigenvalue weighted by Crippen LogP contribution is -2.11. The Labute approximate surface area is 151 Å². The smallest absolute Gasteiger partial charge is 0.342 e. The highest BCUT2D eigenvalue weighted by molar-refractivity contribution is 6.05. The lowest BCUT2D eigenvalue weighted by atomic mass is 10.1. The van der Waals surface area contributed by atoms with E-state index in [2.05, 4.69) is 15.1 Å². The van der Waals surface area contributed by atoms with Crippen LogP contribution in [0.5, 0.6) is 0 Å². The maximum absolute atomic E-state index is 12.5. The van der Waals surface area contributed by atoms with Gasteiger partial charge in [0.05, 0.1) is 41.6 Å². The average Bonchev–Trinajstić information content (AvgIpc) is 3.03. The molecule has 0 N–H and O–H groups in total. The number of aliphatic imine (C=N–C) groups is 1. The maximum atomic E-state index is 12.5. The minimum atomic E-state index is -0.433. The highest BCUT2D eigenvalue weighted by Gasteiger charge is 2.22. The molecule has 0 aliphatic heterocycles. The summed E-state index contributed by atoms with van der Waals surface area (Å²) in [4.78, 5) is 23.4. The fraction of sp³-hybridized carbons (Fsp3) is 0.263. The van der Waals surface area contributed by atoms with Gasteiger partial charge >= 0.3 is 5.97 Å². The van der Waals surface area contributed by atoms with Crippen LogP contribution in [-0.4, -0.2) is 52.7 Å². The van der Waals surface area contributed by atoms with Gasteiger partial charge in [0, 0.05) is 14.1 Å². The number of carbonyl (C=O) groups is 1. The van der Waals surface area contributed by atoms with E-state index in [-0.39, 0.29) is 6.61 Å². The number of esters is 1. The monoisotopic (exact) mass is 351 g/mol. The molecule has 0 fully saturated rings. The molecule has 2 aromatic heterocycles. The molecule has 3 aromatic rings. The third kappa shape index (κ3) is 3.28. The van der Waals surface area contributed by atoms with Gasteiger partial charge in [-0.15, -0.1) is 0 Å². The number of para-hydroxylation sites is 1. The van der Waals surface area contributed by atoms with Crippen molar-refractivity contribution in [3.63, 3.8) is 0 Å². The van der Waals surface area contributed by atoms with Crippen molar-refractivity contribution in [1.82, 2.24) is 19.7 Å². The topological polar surface area (TPSA) is 72.6 Å². The Morgan fingerprint density at radius 3 is 2.69 bits per heavy atom. The Bertz CT molecular complexity index is 961. The Kier molecular flexibility index (Phi) is 4.97. The van der Waals surface area contributed by atoms with Gasteiger partial charge in [-0.2, -0.15) is 5.10 Å². The van der Waals surface area contributed by atoms with Crippen molar-refractivity contribution in [3.8, 4) is 5.69 Å². The number of carbonyl (C=O) groups excluding carboxylic acids is 1. The Hall–Kier alpha value is -3.22. The fourth-order valence-corrected chi connectivity index (χ4v) is 2.65. The zero-order valence-electron chi connectivity index (χ0n) is 15.3. The van der Waals surface area contributed by atoms with Gasteiger partial charge in [0.2, 0.25) is 0 Å². The molecule has 7 heteroatoms. The van der Waals surface area contributed by atoms with Crippen molar-refractivity contribution in [3.05, 3.63) is 47.8 Å². The van der Waals surface area contributed by atoms with Crippen molar-refractivity contribution < 1.29 is 9.53 Å². The summed E-state index contributed by atoms with van der Waals surface area (Å²) in [6.45, 7) is 3.84. The van der Waals surface area contributed by atoms with Crippen LogP contribution in [0.2, 0.25) is 0 Å². The molecule has 0 bridgehead atoms. The molecule has 0 atom stereocenters. The van der Waals surface area contributed by atoms with Gasteiger partial charge in [-0.25, -0.2) is 19.5 Å². The lowest BCUT2D eigenvalue weighted by Gasteiger charge is -2.11. The second kappa shape index (κ2) is 7.35. The quantitative estimate of drug-likeness (QED) is 0.401. The third-order valence-electron chi connectivity index (χ3n) is 3.77. The van der Waals surface area contributed by atoms with Gasteiger partial charge in [0.15, 0.2) is 5.65 Å². The van der Waals surface area contributed by atoms with Crippen LogP contribution in [0.15, 0.2) is 41.5 Å². The average molecular weight is 351 g/mol. The van der Waals surface area contributed by atoms with E-state index in [0.717, 1.165) is 5.69 Å². The Balaban J connectivity index is 2.27. The van der Waals surface area contributed by atoms with Gasteiger partial charge in [-0.3, -0.25) is 0 Å². The minimum Gasteiger partial charge on any atom is -0.462 e. The summed E-state index contributed by atoms with van der Waals surface area (Å²) >= 11 is 0. The van der Waals surface area contributed by atoms with Crippen molar-refractivity contribution in [2.75, 3.05) is 20.7 Å². The van der Waals surface area contributed by atoms with Crippen molar-refractivity contribution in [2.24, 2.45) is 4.99 Å². The molecule has 0 aliphatic rings. The molecule has 3 rings (SSSR count). The Morgan fingerprint density at radius 1 is 1.31 bits per heavy atom. The molecule has 0 unspecified atom stereocenters. The lowest BCUT2D eigenvalue weighted by molar-refractivity contribution is 0.0526. The Morgan fingerprint density at radius 2 is 2.04 bits per heavy atom. The molecular weight excluding hydrogens is 330 g/mol. The van der Waals surface area contributed by atoms with Crippen LogP contribution < -0.4 is 0 Å². The number of aromatic nitrogens is 3. The van der Waals surface area contributed by atoms with Crippen LogP contribution in [0.3, 0.4) is 0 Å². The van der Waals surface area contributed by atoms with Crippen molar-refractivity contribution >= 4 is 29.0 Å². The first kappa shape index (κ1) is 17.6. The van der Waals surface area contributed by atoms with Gasteiger partial charge < -0.3 is 9.64 Å². The van der Waals surface area contributed by atoms with E-state index in [0.29, 0.717) is 28.0 Å². The maximum Gasteiger partial charge on any atom is 0.342 e. The molecule has 0 saturated heterocycles. The van der Waals surface area contributed by atoms with Crippen molar-refractivity contribution in [2.45, 2.75) is 13.8 Å². The number of pyridine rings is 1. The van der Waals surface area contributed by atoms with E-state index in [1.807, 2.05) is 44.4 Å². The van der Waals surface area contributed by atoms with E-state index < -0.39 is 5.97 Å². The van der Waals surface area contributed by atoms with Gasteiger partial charge in [0.25, 0.3) is 0 Å². The van der Waals surface area contributed by atoms with Gasteiger partial charge in [-0.05, 0) is 26.0 Å². The van der Waals surface area contributed by atoms with Crippen LogP contribution in [0, 0.1) is 6.92 Å². The molecule has 134 valence electrons. The summed E-state index contributed by atoms with van der Waals surface area (Å²) in [7, 11) is 3.73. The molecule has 0 aliphatic carbocycles. The largest absolute Gasteiger partial charge is 0.462 e. The molecule has 7 nitrogen and oxygen atoms in total. The van der Waals surface area contributed by atoms with E-state index in [9.17, 15) is 4.79 Å². The molecule has 1 aromatic carbocycles. The number of rotatable bonds is 5. The summed E-state index contributed by atoms with van der Waals surface area (Å²) in [5.41, 5.74) is 2.97. The molecule has 26 heavy (non-hydrogen) atoms. The standard InChI is InChI=1S/C19H21N5O2/c1-5-26-19(25)16-13(2)22-18-15(17(16)20-12-23(3)4)11-21-24(18)14-9-7-6-8-10-14/h6-12H,5H2,1-4H3. The second-order valence-corrected chi connectivity index (χ2v) is 5.98. The third-order valence-corrected chi connectivity index (χ3v) is 3.77. The van der Waals surface area contributed by atoms with Gasteiger partial charge in [-0.1, -0.05) is 18.2 Å². The zero-order chi connectivity index (χ0) is 18.7. The van der Waals surface area contributed by atoms with E-state index >= 15 is 0 Å². The first-order valence-electron chi connectivity index (χ1n) is 8.34. The zero-order valence-corrected chi connectivity index (χ0v) is 15.3. The first-order valence-corrected chi connectivity index (χ1v) is 8.34. The van der Waals surface area contributed by atoms with E-state index in [1.54, 1.807) is 36.0 Å². The number of aryl methyl sites for hydroxylation is 1. The normalized spacial score (nSPS) is 11.2. The minimum absolute atomic E-state index is 0.288. The van der Waals surface area contributed by atoms with E-state index in [1.165, 1.54) is 0 Å². The number of nitrogens with zero attached hydrogens (tertiary/aromatic N) is 5. The fourth-order valence-electron chi connectivity index (χ4n) is 2.65. The molecule has 0 spiro atoms. The van der Waals surface area contributed by atoms with Crippen LogP contribution in [-0.2, 0) is 4.74 Å². The molecule has 0 radical (unpaired) electrons. The summed E-state index contributed by atoms with van der Waals surface area (Å²) in [6, 6.07) is 9.72. The van der Waals surface area contributed by atoms with Crippen molar-refractivity contribution in [1.29, 1.82) is 0 Å². The van der Waals surface area contributed by atoms with Crippen LogP contribution >= 0.6 is 0 Å².